The predicted octanol–water partition coefficient (Wildman–Crippen LogP) is 2.98. The summed E-state index contributed by atoms with van der Waals surface area (Å²) < 4.78 is 6.15. The summed E-state index contributed by atoms with van der Waals surface area (Å²) in [5, 5.41) is 0. The first-order chi connectivity index (χ1) is 7.20. The minimum atomic E-state index is 0.0445. The van der Waals surface area contributed by atoms with Crippen molar-refractivity contribution in [1.82, 2.24) is 0 Å². The maximum Gasteiger partial charge on any atom is 0.169 e. The molecule has 0 spiro atoms. The maximum atomic E-state index is 12.1. The number of ether oxygens (including phenoxy) is 1. The van der Waals surface area contributed by atoms with E-state index in [4.69, 9.17) is 4.74 Å². The van der Waals surface area contributed by atoms with E-state index in [1.54, 1.807) is 0 Å². The van der Waals surface area contributed by atoms with E-state index >= 15 is 0 Å². The monoisotopic (exact) mass is 268 g/mol. The van der Waals surface area contributed by atoms with Gasteiger partial charge in [0.2, 0.25) is 0 Å². The van der Waals surface area contributed by atoms with Gasteiger partial charge in [-0.2, -0.15) is 0 Å². The van der Waals surface area contributed by atoms with Gasteiger partial charge in [-0.25, -0.2) is 0 Å². The smallest absolute Gasteiger partial charge is 0.169 e. The van der Waals surface area contributed by atoms with Gasteiger partial charge in [-0.3, -0.25) is 4.79 Å². The van der Waals surface area contributed by atoms with Crippen molar-refractivity contribution in [3.05, 3.63) is 33.8 Å². The minimum absolute atomic E-state index is 0.0445. The van der Waals surface area contributed by atoms with Crippen molar-refractivity contribution in [2.24, 2.45) is 5.92 Å². The molecule has 1 aromatic rings. The molecular formula is C12H13BrO2. The van der Waals surface area contributed by atoms with E-state index in [2.05, 4.69) is 15.9 Å². The third-order valence-electron chi connectivity index (χ3n) is 2.76. The first-order valence-electron chi connectivity index (χ1n) is 5.07. The minimum Gasteiger partial charge on any atom is -0.381 e. The Balaban J connectivity index is 2.28. The van der Waals surface area contributed by atoms with Crippen LogP contribution in [0.15, 0.2) is 22.7 Å². The van der Waals surface area contributed by atoms with Crippen molar-refractivity contribution < 1.29 is 9.53 Å². The Hall–Kier alpha value is -0.670. The summed E-state index contributed by atoms with van der Waals surface area (Å²) in [6.45, 7) is 3.27. The fourth-order valence-electron chi connectivity index (χ4n) is 1.80. The zero-order valence-corrected chi connectivity index (χ0v) is 10.2. The Bertz CT molecular complexity index is 381. The lowest BCUT2D eigenvalue weighted by molar-refractivity contribution is 0.0899. The fourth-order valence-corrected chi connectivity index (χ4v) is 2.26. The van der Waals surface area contributed by atoms with Crippen molar-refractivity contribution in [3.8, 4) is 0 Å². The summed E-state index contributed by atoms with van der Waals surface area (Å²) in [4.78, 5) is 12.1. The third-order valence-corrected chi connectivity index (χ3v) is 3.81. The number of hydrogen-bond donors (Lipinski definition) is 0. The summed E-state index contributed by atoms with van der Waals surface area (Å²) in [6.07, 6.45) is 0.846. The van der Waals surface area contributed by atoms with Gasteiger partial charge in [0, 0.05) is 22.6 Å². The van der Waals surface area contributed by atoms with Crippen LogP contribution in [0, 0.1) is 12.8 Å². The van der Waals surface area contributed by atoms with Gasteiger partial charge in [-0.15, -0.1) is 0 Å². The highest BCUT2D eigenvalue weighted by Gasteiger charge is 2.26. The van der Waals surface area contributed by atoms with E-state index in [-0.39, 0.29) is 11.7 Å². The van der Waals surface area contributed by atoms with Crippen LogP contribution in [0.25, 0.3) is 0 Å². The molecule has 1 aliphatic heterocycles. The summed E-state index contributed by atoms with van der Waals surface area (Å²) in [5.74, 6) is 0.242. The Labute approximate surface area is 97.8 Å². The average molecular weight is 269 g/mol. The van der Waals surface area contributed by atoms with Gasteiger partial charge in [0.05, 0.1) is 6.61 Å². The fraction of sp³-hybridized carbons (Fsp3) is 0.417. The largest absolute Gasteiger partial charge is 0.381 e. The molecule has 1 aromatic carbocycles. The molecule has 0 radical (unpaired) electrons. The molecule has 1 unspecified atom stereocenters. The number of Topliss-reactive ketones (excluding diaryl/α,β-unsaturated/α-hetero) is 1. The van der Waals surface area contributed by atoms with E-state index in [0.717, 1.165) is 22.0 Å². The molecule has 1 saturated heterocycles. The molecule has 0 aromatic heterocycles. The second kappa shape index (κ2) is 4.45. The standard InChI is InChI=1S/C12H13BrO2/c1-8-3-2-4-10(11(8)13)12(14)9-5-6-15-7-9/h2-4,9H,5-7H2,1H3. The van der Waals surface area contributed by atoms with Gasteiger partial charge >= 0.3 is 0 Å². The molecule has 0 amide bonds. The summed E-state index contributed by atoms with van der Waals surface area (Å²) >= 11 is 3.47. The van der Waals surface area contributed by atoms with Crippen LogP contribution in [0.5, 0.6) is 0 Å². The lowest BCUT2D eigenvalue weighted by Crippen LogP contribution is -2.15. The van der Waals surface area contributed by atoms with Crippen LogP contribution in [0.2, 0.25) is 0 Å². The lowest BCUT2D eigenvalue weighted by atomic mass is 9.96. The SMILES string of the molecule is Cc1cccc(C(=O)C2CCOC2)c1Br. The van der Waals surface area contributed by atoms with Gasteiger partial charge in [0.1, 0.15) is 0 Å². The van der Waals surface area contributed by atoms with Crippen LogP contribution in [-0.4, -0.2) is 19.0 Å². The molecule has 1 fully saturated rings. The third kappa shape index (κ3) is 2.13. The molecule has 1 heterocycles. The van der Waals surface area contributed by atoms with Crippen molar-refractivity contribution >= 4 is 21.7 Å². The van der Waals surface area contributed by atoms with Gasteiger partial charge < -0.3 is 4.74 Å². The topological polar surface area (TPSA) is 26.3 Å². The average Bonchev–Trinajstić information content (AvgIpc) is 2.74. The zero-order chi connectivity index (χ0) is 10.8. The predicted molar refractivity (Wildman–Crippen MR) is 62.1 cm³/mol. The normalized spacial score (nSPS) is 20.5. The van der Waals surface area contributed by atoms with Gasteiger partial charge in [-0.1, -0.05) is 18.2 Å². The van der Waals surface area contributed by atoms with Crippen LogP contribution < -0.4 is 0 Å². The van der Waals surface area contributed by atoms with Crippen molar-refractivity contribution in [3.63, 3.8) is 0 Å². The Kier molecular flexibility index (Phi) is 3.22. The molecule has 0 N–H and O–H groups in total. The zero-order valence-electron chi connectivity index (χ0n) is 8.63. The van der Waals surface area contributed by atoms with E-state index in [0.29, 0.717) is 13.2 Å². The summed E-state index contributed by atoms with van der Waals surface area (Å²) in [5.41, 5.74) is 1.88. The van der Waals surface area contributed by atoms with Crippen molar-refractivity contribution in [2.75, 3.05) is 13.2 Å². The first kappa shape index (κ1) is 10.8. The second-order valence-corrected chi connectivity index (χ2v) is 4.65. The molecule has 15 heavy (non-hydrogen) atoms. The van der Waals surface area contributed by atoms with E-state index in [9.17, 15) is 4.79 Å². The highest BCUT2D eigenvalue weighted by molar-refractivity contribution is 9.10. The Morgan fingerprint density at radius 1 is 1.53 bits per heavy atom. The molecule has 1 aliphatic rings. The van der Waals surface area contributed by atoms with Gasteiger partial charge in [0.15, 0.2) is 5.78 Å². The quantitative estimate of drug-likeness (QED) is 0.771. The highest BCUT2D eigenvalue weighted by atomic mass is 79.9. The molecule has 80 valence electrons. The van der Waals surface area contributed by atoms with Crippen molar-refractivity contribution in [2.45, 2.75) is 13.3 Å². The van der Waals surface area contributed by atoms with Crippen LogP contribution in [0.1, 0.15) is 22.3 Å². The molecule has 2 rings (SSSR count). The molecule has 0 saturated carbocycles. The van der Waals surface area contributed by atoms with Crippen LogP contribution in [-0.2, 0) is 4.74 Å². The Morgan fingerprint density at radius 2 is 2.33 bits per heavy atom. The van der Waals surface area contributed by atoms with Crippen molar-refractivity contribution in [1.29, 1.82) is 0 Å². The number of carbonyl (C=O) groups excluding carboxylic acids is 1. The molecule has 0 aliphatic carbocycles. The maximum absolute atomic E-state index is 12.1. The van der Waals surface area contributed by atoms with E-state index < -0.39 is 0 Å². The molecule has 3 heteroatoms. The van der Waals surface area contributed by atoms with Crippen LogP contribution >= 0.6 is 15.9 Å². The summed E-state index contributed by atoms with van der Waals surface area (Å²) in [6, 6.07) is 5.78. The number of benzene rings is 1. The number of ketones is 1. The number of hydrogen-bond acceptors (Lipinski definition) is 2. The van der Waals surface area contributed by atoms with Crippen LogP contribution in [0.4, 0.5) is 0 Å². The number of aryl methyl sites for hydroxylation is 1. The summed E-state index contributed by atoms with van der Waals surface area (Å²) in [7, 11) is 0. The molecule has 2 nitrogen and oxygen atoms in total. The van der Waals surface area contributed by atoms with E-state index in [1.807, 2.05) is 25.1 Å². The second-order valence-electron chi connectivity index (χ2n) is 3.86. The first-order valence-corrected chi connectivity index (χ1v) is 5.86. The Morgan fingerprint density at radius 3 is 3.00 bits per heavy atom. The number of halogens is 1. The number of carbonyl (C=O) groups is 1. The highest BCUT2D eigenvalue weighted by Crippen LogP contribution is 2.26. The number of rotatable bonds is 2. The molecule has 1 atom stereocenters. The van der Waals surface area contributed by atoms with Gasteiger partial charge in [0.25, 0.3) is 0 Å². The van der Waals surface area contributed by atoms with Gasteiger partial charge in [-0.05, 0) is 34.8 Å². The molecular weight excluding hydrogens is 256 g/mol. The lowest BCUT2D eigenvalue weighted by Gasteiger charge is -2.09. The van der Waals surface area contributed by atoms with E-state index in [1.165, 1.54) is 0 Å². The molecule has 0 bridgehead atoms. The van der Waals surface area contributed by atoms with Crippen LogP contribution in [0.3, 0.4) is 0 Å².